The lowest BCUT2D eigenvalue weighted by Gasteiger charge is -2.05. The van der Waals surface area contributed by atoms with Gasteiger partial charge in [-0.15, -0.1) is 11.3 Å². The molecule has 2 heterocycles. The Morgan fingerprint density at radius 1 is 1.16 bits per heavy atom. The Labute approximate surface area is 149 Å². The Morgan fingerprint density at radius 3 is 2.88 bits per heavy atom. The van der Waals surface area contributed by atoms with Crippen LogP contribution >= 0.6 is 11.3 Å². The summed E-state index contributed by atoms with van der Waals surface area (Å²) in [5.74, 6) is -0.196. The molecule has 0 aliphatic heterocycles. The van der Waals surface area contributed by atoms with E-state index in [0.717, 1.165) is 16.6 Å². The first-order valence-electron chi connectivity index (χ1n) is 8.03. The van der Waals surface area contributed by atoms with Crippen molar-refractivity contribution in [1.82, 2.24) is 14.8 Å². The number of rotatable bonds is 4. The molecule has 0 radical (unpaired) electrons. The predicted octanol–water partition coefficient (Wildman–Crippen LogP) is 4.43. The first-order valence-corrected chi connectivity index (χ1v) is 8.91. The summed E-state index contributed by atoms with van der Waals surface area (Å²) < 4.78 is 1.66. The number of hydrogen-bond donors (Lipinski definition) is 1. The lowest BCUT2D eigenvalue weighted by Crippen LogP contribution is -2.17. The van der Waals surface area contributed by atoms with Crippen LogP contribution in [0.15, 0.2) is 60.1 Å². The van der Waals surface area contributed by atoms with Crippen LogP contribution in [-0.4, -0.2) is 20.7 Å². The number of carbonyl (C=O) groups is 1. The van der Waals surface area contributed by atoms with Crippen molar-refractivity contribution in [2.75, 3.05) is 5.32 Å². The highest BCUT2D eigenvalue weighted by Gasteiger charge is 2.14. The maximum atomic E-state index is 12.4. The van der Waals surface area contributed by atoms with Crippen molar-refractivity contribution in [2.45, 2.75) is 13.5 Å². The van der Waals surface area contributed by atoms with E-state index in [1.165, 1.54) is 16.7 Å². The van der Waals surface area contributed by atoms with Crippen molar-refractivity contribution >= 4 is 33.1 Å². The van der Waals surface area contributed by atoms with E-state index in [1.807, 2.05) is 30.5 Å². The number of fused-ring (bicyclic) bond motifs is 1. The third-order valence-electron chi connectivity index (χ3n) is 4.04. The van der Waals surface area contributed by atoms with Gasteiger partial charge in [0.05, 0.1) is 5.69 Å². The van der Waals surface area contributed by atoms with Gasteiger partial charge in [-0.1, -0.05) is 42.5 Å². The quantitative estimate of drug-likeness (QED) is 0.593. The van der Waals surface area contributed by atoms with Gasteiger partial charge in [0.2, 0.25) is 0 Å². The highest BCUT2D eigenvalue weighted by molar-refractivity contribution is 7.14. The van der Waals surface area contributed by atoms with Crippen LogP contribution in [0.3, 0.4) is 0 Å². The molecule has 1 N–H and O–H groups in total. The Kier molecular flexibility index (Phi) is 4.03. The Morgan fingerprint density at radius 2 is 2.00 bits per heavy atom. The number of carbonyl (C=O) groups excluding carboxylic acids is 1. The van der Waals surface area contributed by atoms with Crippen LogP contribution in [-0.2, 0) is 6.54 Å². The molecule has 0 bridgehead atoms. The van der Waals surface area contributed by atoms with Crippen molar-refractivity contribution in [3.63, 3.8) is 0 Å². The highest BCUT2D eigenvalue weighted by atomic mass is 32.1. The average molecular weight is 348 g/mol. The fourth-order valence-electron chi connectivity index (χ4n) is 2.84. The fourth-order valence-corrected chi connectivity index (χ4v) is 3.55. The van der Waals surface area contributed by atoms with Gasteiger partial charge >= 0.3 is 0 Å². The van der Waals surface area contributed by atoms with E-state index in [1.54, 1.807) is 16.9 Å². The zero-order valence-electron chi connectivity index (χ0n) is 13.6. The molecule has 124 valence electrons. The molecular weight excluding hydrogens is 332 g/mol. The molecule has 4 aromatic rings. The summed E-state index contributed by atoms with van der Waals surface area (Å²) in [4.78, 5) is 17.0. The first-order chi connectivity index (χ1) is 12.3. The third-order valence-corrected chi connectivity index (χ3v) is 4.80. The summed E-state index contributed by atoms with van der Waals surface area (Å²) in [7, 11) is 0. The number of aromatic nitrogens is 3. The van der Waals surface area contributed by atoms with Crippen LogP contribution < -0.4 is 5.32 Å². The summed E-state index contributed by atoms with van der Waals surface area (Å²) in [6.45, 7) is 2.60. The second-order valence-corrected chi connectivity index (χ2v) is 6.41. The Hall–Kier alpha value is -2.99. The summed E-state index contributed by atoms with van der Waals surface area (Å²) in [5, 5.41) is 11.9. The van der Waals surface area contributed by atoms with Crippen molar-refractivity contribution < 1.29 is 4.79 Å². The normalized spacial score (nSPS) is 10.9. The molecule has 5 nitrogen and oxygen atoms in total. The highest BCUT2D eigenvalue weighted by Crippen LogP contribution is 2.31. The summed E-state index contributed by atoms with van der Waals surface area (Å²) in [6, 6.07) is 16.1. The van der Waals surface area contributed by atoms with Crippen molar-refractivity contribution in [1.29, 1.82) is 0 Å². The molecule has 6 heteroatoms. The van der Waals surface area contributed by atoms with E-state index in [9.17, 15) is 4.79 Å². The number of hydrogen-bond acceptors (Lipinski definition) is 4. The number of nitrogens with one attached hydrogen (secondary N) is 1. The lowest BCUT2D eigenvalue weighted by atomic mass is 10.0. The van der Waals surface area contributed by atoms with E-state index in [4.69, 9.17) is 0 Å². The molecule has 1 amide bonds. The second-order valence-electron chi connectivity index (χ2n) is 5.55. The van der Waals surface area contributed by atoms with Gasteiger partial charge in [-0.05, 0) is 23.8 Å². The van der Waals surface area contributed by atoms with Gasteiger partial charge in [-0.25, -0.2) is 4.98 Å². The number of anilines is 1. The molecule has 0 aliphatic rings. The molecule has 2 aromatic carbocycles. The van der Waals surface area contributed by atoms with Crippen LogP contribution in [0.25, 0.3) is 22.0 Å². The van der Waals surface area contributed by atoms with Crippen molar-refractivity contribution in [3.05, 3.63) is 65.8 Å². The standard InChI is InChI=1S/C19H16N4OS/c1-2-23-17(10-11-20-23)18(24)22-19-21-16(12-25-19)15-9-5-7-13-6-3-4-8-14(13)15/h3-12H,2H2,1H3,(H,21,22,24). The molecular formula is C19H16N4OS. The van der Waals surface area contributed by atoms with Gasteiger partial charge in [0, 0.05) is 23.7 Å². The number of aryl methyl sites for hydroxylation is 1. The lowest BCUT2D eigenvalue weighted by molar-refractivity contribution is 0.101. The van der Waals surface area contributed by atoms with Gasteiger partial charge in [-0.3, -0.25) is 14.8 Å². The van der Waals surface area contributed by atoms with Gasteiger partial charge in [0.25, 0.3) is 5.91 Å². The predicted molar refractivity (Wildman–Crippen MR) is 101 cm³/mol. The van der Waals surface area contributed by atoms with E-state index >= 15 is 0 Å². The zero-order chi connectivity index (χ0) is 17.2. The number of thiazole rings is 1. The Bertz CT molecular complexity index is 1040. The van der Waals surface area contributed by atoms with Gasteiger partial charge < -0.3 is 0 Å². The van der Waals surface area contributed by atoms with E-state index in [0.29, 0.717) is 17.4 Å². The van der Waals surface area contributed by atoms with Crippen LogP contribution in [0.4, 0.5) is 5.13 Å². The topological polar surface area (TPSA) is 59.8 Å². The second kappa shape index (κ2) is 6.49. The number of nitrogens with zero attached hydrogens (tertiary/aromatic N) is 3. The van der Waals surface area contributed by atoms with Crippen LogP contribution in [0.5, 0.6) is 0 Å². The van der Waals surface area contributed by atoms with Crippen LogP contribution in [0, 0.1) is 0 Å². The van der Waals surface area contributed by atoms with E-state index < -0.39 is 0 Å². The largest absolute Gasteiger partial charge is 0.296 e. The van der Waals surface area contributed by atoms with E-state index in [-0.39, 0.29) is 5.91 Å². The molecule has 4 rings (SSSR count). The summed E-state index contributed by atoms with van der Waals surface area (Å²) in [6.07, 6.45) is 1.63. The fraction of sp³-hybridized carbons (Fsp3) is 0.105. The molecule has 0 fully saturated rings. The molecule has 0 aliphatic carbocycles. The van der Waals surface area contributed by atoms with Gasteiger partial charge in [0.15, 0.2) is 5.13 Å². The van der Waals surface area contributed by atoms with Crippen molar-refractivity contribution in [3.8, 4) is 11.3 Å². The number of benzene rings is 2. The number of amides is 1. The molecule has 25 heavy (non-hydrogen) atoms. The van der Waals surface area contributed by atoms with E-state index in [2.05, 4.69) is 39.7 Å². The zero-order valence-corrected chi connectivity index (χ0v) is 14.5. The van der Waals surface area contributed by atoms with Crippen LogP contribution in [0.1, 0.15) is 17.4 Å². The molecule has 0 spiro atoms. The smallest absolute Gasteiger partial charge is 0.275 e. The molecule has 2 aromatic heterocycles. The molecule has 0 atom stereocenters. The molecule has 0 saturated carbocycles. The maximum Gasteiger partial charge on any atom is 0.275 e. The Balaban J connectivity index is 1.63. The average Bonchev–Trinajstić information content (AvgIpc) is 3.30. The molecule has 0 unspecified atom stereocenters. The van der Waals surface area contributed by atoms with Crippen LogP contribution in [0.2, 0.25) is 0 Å². The minimum atomic E-state index is -0.196. The molecule has 0 saturated heterocycles. The SMILES string of the molecule is CCn1nccc1C(=O)Nc1nc(-c2cccc3ccccc23)cs1. The summed E-state index contributed by atoms with van der Waals surface area (Å²) >= 11 is 1.42. The van der Waals surface area contributed by atoms with Gasteiger partial charge in [0.1, 0.15) is 5.69 Å². The first kappa shape index (κ1) is 15.5. The monoisotopic (exact) mass is 348 g/mol. The van der Waals surface area contributed by atoms with Crippen molar-refractivity contribution in [2.24, 2.45) is 0 Å². The van der Waals surface area contributed by atoms with Gasteiger partial charge in [-0.2, -0.15) is 5.10 Å². The minimum absolute atomic E-state index is 0.196. The summed E-state index contributed by atoms with van der Waals surface area (Å²) in [5.41, 5.74) is 2.46. The minimum Gasteiger partial charge on any atom is -0.296 e. The third kappa shape index (κ3) is 2.92. The maximum absolute atomic E-state index is 12.4.